The molecule has 1 amide bonds. The molecule has 2 atom stereocenters. The van der Waals surface area contributed by atoms with Crippen LogP contribution in [-0.4, -0.2) is 31.6 Å². The topological polar surface area (TPSA) is 99.4 Å². The summed E-state index contributed by atoms with van der Waals surface area (Å²) in [6, 6.07) is 15.4. The van der Waals surface area contributed by atoms with Gasteiger partial charge in [-0.2, -0.15) is 0 Å². The van der Waals surface area contributed by atoms with Gasteiger partial charge in [-0.05, 0) is 36.4 Å². The van der Waals surface area contributed by atoms with E-state index in [9.17, 15) is 9.59 Å². The van der Waals surface area contributed by atoms with Crippen LogP contribution in [0.4, 0.5) is 5.69 Å². The van der Waals surface area contributed by atoms with Crippen LogP contribution in [0.3, 0.4) is 0 Å². The summed E-state index contributed by atoms with van der Waals surface area (Å²) in [4.78, 5) is 32.7. The first-order valence-corrected chi connectivity index (χ1v) is 9.57. The molecule has 0 saturated heterocycles. The molecule has 2 aromatic carbocycles. The summed E-state index contributed by atoms with van der Waals surface area (Å²) in [5, 5.41) is 7.05. The maximum atomic E-state index is 13.7. The molecule has 0 aliphatic carbocycles. The fourth-order valence-electron chi connectivity index (χ4n) is 4.14. The summed E-state index contributed by atoms with van der Waals surface area (Å²) >= 11 is 0. The van der Waals surface area contributed by atoms with Crippen molar-refractivity contribution in [2.24, 2.45) is 11.1 Å². The normalized spacial score (nSPS) is 21.3. The van der Waals surface area contributed by atoms with Crippen LogP contribution in [0.15, 0.2) is 70.4 Å². The number of Topliss-reactive ketones (excluding diaryl/α,β-unsaturated/α-hetero) is 1. The number of methoxy groups -OCH3 is 2. The Balaban J connectivity index is 1.73. The molecule has 3 heterocycles. The third-order valence-corrected chi connectivity index (χ3v) is 5.59. The van der Waals surface area contributed by atoms with Gasteiger partial charge < -0.3 is 24.0 Å². The van der Waals surface area contributed by atoms with Gasteiger partial charge in [0.15, 0.2) is 5.76 Å². The molecular weight excluding hydrogens is 400 g/mol. The number of carbonyl (C=O) groups excluding carboxylic acids is 2. The number of ether oxygens (including phenoxy) is 2. The highest BCUT2D eigenvalue weighted by atomic mass is 16.7. The molecule has 2 aliphatic heterocycles. The van der Waals surface area contributed by atoms with Gasteiger partial charge >= 0.3 is 0 Å². The lowest BCUT2D eigenvalue weighted by Gasteiger charge is -2.26. The predicted octanol–water partition coefficient (Wildman–Crippen LogP) is 3.38. The molecule has 2 aliphatic rings. The van der Waals surface area contributed by atoms with E-state index in [-0.39, 0.29) is 11.5 Å². The SMILES string of the molecule is COc1ccc(OC)c(C2=NO[C@@]3(C(=O)Nc4ccccc43)[C@@H]2C(=O)c2ccco2)c1. The molecule has 0 radical (unpaired) electrons. The average Bonchev–Trinajstić information content (AvgIpc) is 3.53. The van der Waals surface area contributed by atoms with Crippen molar-refractivity contribution in [3.05, 3.63) is 77.7 Å². The molecule has 1 spiro atoms. The largest absolute Gasteiger partial charge is 0.497 e. The lowest BCUT2D eigenvalue weighted by Crippen LogP contribution is -2.46. The van der Waals surface area contributed by atoms with Crippen LogP contribution in [0.5, 0.6) is 11.5 Å². The van der Waals surface area contributed by atoms with Crippen LogP contribution in [0.25, 0.3) is 0 Å². The summed E-state index contributed by atoms with van der Waals surface area (Å²) in [5.74, 6) is -0.911. The number of nitrogens with one attached hydrogen (secondary N) is 1. The average molecular weight is 418 g/mol. The molecule has 156 valence electrons. The predicted molar refractivity (Wildman–Crippen MR) is 110 cm³/mol. The van der Waals surface area contributed by atoms with Crippen molar-refractivity contribution in [2.75, 3.05) is 19.5 Å². The standard InChI is InChI=1S/C23H18N2O6/c1-28-13-9-10-17(29-2)14(12-13)20-19(21(26)18-8-5-11-30-18)23(31-25-20)15-6-3-4-7-16(15)24-22(23)27/h3-12,19H,1-2H3,(H,24,27)/t19-,23+/m0/s1. The smallest absolute Gasteiger partial charge is 0.277 e. The summed E-state index contributed by atoms with van der Waals surface area (Å²) < 4.78 is 16.2. The van der Waals surface area contributed by atoms with Crippen LogP contribution in [-0.2, 0) is 15.2 Å². The number of nitrogens with zero attached hydrogens (tertiary/aromatic N) is 1. The number of fused-ring (bicyclic) bond motifs is 2. The third-order valence-electron chi connectivity index (χ3n) is 5.59. The number of ketones is 1. The summed E-state index contributed by atoms with van der Waals surface area (Å²) in [6.07, 6.45) is 1.40. The van der Waals surface area contributed by atoms with E-state index in [2.05, 4.69) is 10.5 Å². The van der Waals surface area contributed by atoms with Crippen LogP contribution in [0.2, 0.25) is 0 Å². The van der Waals surface area contributed by atoms with E-state index >= 15 is 0 Å². The molecule has 0 fully saturated rings. The second kappa shape index (κ2) is 7.02. The number of carbonyl (C=O) groups is 2. The lowest BCUT2D eigenvalue weighted by molar-refractivity contribution is -0.140. The number of amides is 1. The van der Waals surface area contributed by atoms with Crippen molar-refractivity contribution in [3.8, 4) is 11.5 Å². The first-order valence-electron chi connectivity index (χ1n) is 9.57. The molecule has 0 saturated carbocycles. The first-order chi connectivity index (χ1) is 15.1. The number of oxime groups is 1. The Morgan fingerprint density at radius 1 is 1.10 bits per heavy atom. The number of anilines is 1. The monoisotopic (exact) mass is 418 g/mol. The Kier molecular flexibility index (Phi) is 4.28. The Morgan fingerprint density at radius 2 is 1.94 bits per heavy atom. The van der Waals surface area contributed by atoms with E-state index in [4.69, 9.17) is 18.7 Å². The van der Waals surface area contributed by atoms with Crippen LogP contribution in [0.1, 0.15) is 21.7 Å². The van der Waals surface area contributed by atoms with Gasteiger partial charge in [-0.15, -0.1) is 0 Å². The molecule has 0 bridgehead atoms. The molecular formula is C23H18N2O6. The molecule has 31 heavy (non-hydrogen) atoms. The highest BCUT2D eigenvalue weighted by Crippen LogP contribution is 2.50. The Bertz CT molecular complexity index is 1220. The van der Waals surface area contributed by atoms with Gasteiger partial charge in [-0.3, -0.25) is 9.59 Å². The summed E-state index contributed by atoms with van der Waals surface area (Å²) in [6.45, 7) is 0. The van der Waals surface area contributed by atoms with E-state index in [1.54, 1.807) is 54.6 Å². The molecule has 1 N–H and O–H groups in total. The van der Waals surface area contributed by atoms with Crippen LogP contribution >= 0.6 is 0 Å². The number of benzene rings is 2. The number of para-hydroxylation sites is 1. The van der Waals surface area contributed by atoms with Crippen molar-refractivity contribution in [3.63, 3.8) is 0 Å². The van der Waals surface area contributed by atoms with Gasteiger partial charge in [-0.1, -0.05) is 23.4 Å². The van der Waals surface area contributed by atoms with E-state index in [0.29, 0.717) is 28.3 Å². The second-order valence-corrected chi connectivity index (χ2v) is 7.14. The molecule has 0 unspecified atom stereocenters. The molecule has 3 aromatic rings. The van der Waals surface area contributed by atoms with Crippen LogP contribution in [0, 0.1) is 5.92 Å². The Hall–Kier alpha value is -4.07. The minimum Gasteiger partial charge on any atom is -0.497 e. The van der Waals surface area contributed by atoms with Gasteiger partial charge in [0.2, 0.25) is 5.78 Å². The van der Waals surface area contributed by atoms with Crippen molar-refractivity contribution in [1.29, 1.82) is 0 Å². The highest BCUT2D eigenvalue weighted by molar-refractivity contribution is 6.25. The minimum absolute atomic E-state index is 0.0987. The van der Waals surface area contributed by atoms with Gasteiger partial charge in [-0.25, -0.2) is 0 Å². The zero-order chi connectivity index (χ0) is 21.6. The zero-order valence-electron chi connectivity index (χ0n) is 16.7. The molecule has 8 heteroatoms. The van der Waals surface area contributed by atoms with Gasteiger partial charge in [0.25, 0.3) is 11.5 Å². The lowest BCUT2D eigenvalue weighted by atomic mass is 9.75. The molecule has 1 aromatic heterocycles. The Morgan fingerprint density at radius 3 is 2.68 bits per heavy atom. The number of furan rings is 1. The van der Waals surface area contributed by atoms with Crippen molar-refractivity contribution < 1.29 is 28.3 Å². The van der Waals surface area contributed by atoms with Gasteiger partial charge in [0.05, 0.1) is 20.5 Å². The number of hydrogen-bond donors (Lipinski definition) is 1. The van der Waals surface area contributed by atoms with E-state index in [1.807, 2.05) is 0 Å². The van der Waals surface area contributed by atoms with E-state index < -0.39 is 23.2 Å². The summed E-state index contributed by atoms with van der Waals surface area (Å²) in [7, 11) is 3.05. The van der Waals surface area contributed by atoms with Crippen molar-refractivity contribution in [2.45, 2.75) is 5.60 Å². The van der Waals surface area contributed by atoms with Crippen molar-refractivity contribution in [1.82, 2.24) is 0 Å². The molecule has 5 rings (SSSR count). The number of hydrogen-bond acceptors (Lipinski definition) is 7. The number of rotatable bonds is 5. The fraction of sp³-hybridized carbons (Fsp3) is 0.174. The van der Waals surface area contributed by atoms with Crippen molar-refractivity contribution >= 4 is 23.1 Å². The highest BCUT2D eigenvalue weighted by Gasteiger charge is 2.64. The van der Waals surface area contributed by atoms with Gasteiger partial charge in [0, 0.05) is 16.8 Å². The van der Waals surface area contributed by atoms with Crippen LogP contribution < -0.4 is 14.8 Å². The maximum Gasteiger partial charge on any atom is 0.277 e. The minimum atomic E-state index is -1.66. The first kappa shape index (κ1) is 18.9. The summed E-state index contributed by atoms with van der Waals surface area (Å²) in [5.41, 5.74) is 0.179. The quantitative estimate of drug-likeness (QED) is 0.638. The zero-order valence-corrected chi connectivity index (χ0v) is 16.7. The fourth-order valence-corrected chi connectivity index (χ4v) is 4.14. The van der Waals surface area contributed by atoms with E-state index in [1.165, 1.54) is 20.5 Å². The third kappa shape index (κ3) is 2.64. The maximum absolute atomic E-state index is 13.7. The van der Waals surface area contributed by atoms with E-state index in [0.717, 1.165) is 0 Å². The molecule has 8 nitrogen and oxygen atoms in total. The van der Waals surface area contributed by atoms with Gasteiger partial charge in [0.1, 0.15) is 23.1 Å². The second-order valence-electron chi connectivity index (χ2n) is 7.14. The Labute approximate surface area is 177 Å².